The Morgan fingerprint density at radius 2 is 1.82 bits per heavy atom. The molecule has 4 saturated carbocycles. The molecule has 1 spiro atoms. The second kappa shape index (κ2) is 4.39. The van der Waals surface area contributed by atoms with E-state index in [1.807, 2.05) is 0 Å². The molecule has 2 nitrogen and oxygen atoms in total. The molecule has 0 aromatic carbocycles. The van der Waals surface area contributed by atoms with E-state index >= 15 is 0 Å². The van der Waals surface area contributed by atoms with Crippen LogP contribution in [0.15, 0.2) is 12.2 Å². The van der Waals surface area contributed by atoms with Crippen LogP contribution in [0.25, 0.3) is 0 Å². The predicted octanol–water partition coefficient (Wildman–Crippen LogP) is 3.92. The molecule has 7 atom stereocenters. The standard InChI is InChI=1S/C20H32O2/c1-12-13-10-14(21)16-19(4)8-5-7-18(2,3)15(19)6-9-20(16,11-13)17(12)22/h13-17,21-22H,1,5-11H2,2-4H3/t13-,14+,15-,16-,17+,19-,20-/m1/s1. The zero-order chi connectivity index (χ0) is 15.9. The van der Waals surface area contributed by atoms with E-state index in [0.29, 0.717) is 17.3 Å². The van der Waals surface area contributed by atoms with E-state index in [9.17, 15) is 10.2 Å². The van der Waals surface area contributed by atoms with E-state index in [0.717, 1.165) is 24.8 Å². The van der Waals surface area contributed by atoms with Crippen LogP contribution >= 0.6 is 0 Å². The van der Waals surface area contributed by atoms with E-state index < -0.39 is 0 Å². The highest BCUT2D eigenvalue weighted by Crippen LogP contribution is 2.71. The van der Waals surface area contributed by atoms with Crippen LogP contribution in [-0.4, -0.2) is 22.4 Å². The first-order valence-electron chi connectivity index (χ1n) is 9.27. The number of hydrogen-bond acceptors (Lipinski definition) is 2. The van der Waals surface area contributed by atoms with Crippen molar-refractivity contribution in [3.63, 3.8) is 0 Å². The fraction of sp³-hybridized carbons (Fsp3) is 0.900. The first-order valence-corrected chi connectivity index (χ1v) is 9.27. The summed E-state index contributed by atoms with van der Waals surface area (Å²) in [6.07, 6.45) is 7.33. The van der Waals surface area contributed by atoms with Crippen molar-refractivity contribution in [1.29, 1.82) is 0 Å². The van der Waals surface area contributed by atoms with E-state index in [1.165, 1.54) is 25.7 Å². The van der Waals surface area contributed by atoms with Gasteiger partial charge in [-0.3, -0.25) is 0 Å². The van der Waals surface area contributed by atoms with Crippen molar-refractivity contribution in [2.75, 3.05) is 0 Å². The molecule has 0 radical (unpaired) electrons. The number of aliphatic hydroxyl groups excluding tert-OH is 2. The summed E-state index contributed by atoms with van der Waals surface area (Å²) in [5, 5.41) is 22.0. The molecule has 2 heteroatoms. The minimum Gasteiger partial charge on any atom is -0.393 e. The van der Waals surface area contributed by atoms with Crippen LogP contribution in [0.5, 0.6) is 0 Å². The lowest BCUT2D eigenvalue weighted by molar-refractivity contribution is -0.203. The Bertz CT molecular complexity index is 510. The highest BCUT2D eigenvalue weighted by atomic mass is 16.3. The van der Waals surface area contributed by atoms with Crippen LogP contribution in [0.1, 0.15) is 65.7 Å². The number of rotatable bonds is 0. The third kappa shape index (κ3) is 1.64. The van der Waals surface area contributed by atoms with Gasteiger partial charge in [-0.2, -0.15) is 0 Å². The van der Waals surface area contributed by atoms with Crippen LogP contribution < -0.4 is 0 Å². The molecular formula is C20H32O2. The van der Waals surface area contributed by atoms with Crippen LogP contribution in [0.3, 0.4) is 0 Å². The molecule has 4 fully saturated rings. The molecule has 4 aliphatic carbocycles. The molecule has 0 amide bonds. The zero-order valence-corrected chi connectivity index (χ0v) is 14.4. The lowest BCUT2D eigenvalue weighted by atomic mass is 9.40. The molecule has 4 rings (SSSR count). The summed E-state index contributed by atoms with van der Waals surface area (Å²) in [5.74, 6) is 1.28. The van der Waals surface area contributed by atoms with Gasteiger partial charge in [-0.1, -0.05) is 33.8 Å². The summed E-state index contributed by atoms with van der Waals surface area (Å²) in [4.78, 5) is 0. The first-order chi connectivity index (χ1) is 10.2. The highest BCUT2D eigenvalue weighted by molar-refractivity contribution is 5.28. The second-order valence-electron chi connectivity index (χ2n) is 9.83. The molecule has 2 bridgehead atoms. The topological polar surface area (TPSA) is 40.5 Å². The molecule has 0 aromatic heterocycles. The predicted molar refractivity (Wildman–Crippen MR) is 88.3 cm³/mol. The van der Waals surface area contributed by atoms with Crippen molar-refractivity contribution in [3.05, 3.63) is 12.2 Å². The van der Waals surface area contributed by atoms with Crippen molar-refractivity contribution in [2.45, 2.75) is 77.9 Å². The van der Waals surface area contributed by atoms with Gasteiger partial charge in [0.25, 0.3) is 0 Å². The molecule has 0 aliphatic heterocycles. The Balaban J connectivity index is 1.82. The Kier molecular flexibility index (Phi) is 3.03. The average molecular weight is 304 g/mol. The van der Waals surface area contributed by atoms with Crippen molar-refractivity contribution < 1.29 is 10.2 Å². The lowest BCUT2D eigenvalue weighted by Gasteiger charge is -2.65. The summed E-state index contributed by atoms with van der Waals surface area (Å²) >= 11 is 0. The fourth-order valence-electron chi connectivity index (χ4n) is 7.80. The van der Waals surface area contributed by atoms with Crippen LogP contribution in [0.4, 0.5) is 0 Å². The fourth-order valence-corrected chi connectivity index (χ4v) is 7.80. The van der Waals surface area contributed by atoms with Crippen molar-refractivity contribution in [3.8, 4) is 0 Å². The normalized spacial score (nSPS) is 56.4. The largest absolute Gasteiger partial charge is 0.393 e. The zero-order valence-electron chi connectivity index (χ0n) is 14.4. The van der Waals surface area contributed by atoms with E-state index in [1.54, 1.807) is 0 Å². The van der Waals surface area contributed by atoms with Crippen molar-refractivity contribution in [1.82, 2.24) is 0 Å². The minimum atomic E-state index is -0.387. The Hall–Kier alpha value is -0.340. The van der Waals surface area contributed by atoms with E-state index in [4.69, 9.17) is 0 Å². The SMILES string of the molecule is C=C1[C@@H]2C[C@H](O)[C@@H]3[C@]4(C)CCCC(C)(C)[C@H]4CC[C@]3(C2)[C@H]1O. The van der Waals surface area contributed by atoms with Gasteiger partial charge in [0.15, 0.2) is 0 Å². The Morgan fingerprint density at radius 3 is 2.55 bits per heavy atom. The monoisotopic (exact) mass is 304 g/mol. The van der Waals surface area contributed by atoms with Gasteiger partial charge in [0.05, 0.1) is 12.2 Å². The van der Waals surface area contributed by atoms with Crippen LogP contribution in [0, 0.1) is 34.0 Å². The van der Waals surface area contributed by atoms with Gasteiger partial charge in [0.2, 0.25) is 0 Å². The van der Waals surface area contributed by atoms with Crippen molar-refractivity contribution in [2.24, 2.45) is 34.0 Å². The lowest BCUT2D eigenvalue weighted by Crippen LogP contribution is -2.61. The molecule has 0 heterocycles. The maximum Gasteiger partial charge on any atom is 0.0810 e. The molecule has 22 heavy (non-hydrogen) atoms. The minimum absolute atomic E-state index is 0.0852. The van der Waals surface area contributed by atoms with Crippen LogP contribution in [0.2, 0.25) is 0 Å². The van der Waals surface area contributed by atoms with E-state index in [2.05, 4.69) is 27.4 Å². The Labute approximate surface area is 135 Å². The third-order valence-electron chi connectivity index (χ3n) is 8.46. The summed E-state index contributed by atoms with van der Waals surface area (Å²) in [7, 11) is 0. The average Bonchev–Trinajstić information content (AvgIpc) is 2.59. The van der Waals surface area contributed by atoms with Crippen molar-refractivity contribution >= 4 is 0 Å². The highest BCUT2D eigenvalue weighted by Gasteiger charge is 2.68. The number of fused-ring (bicyclic) bond motifs is 3. The number of aliphatic hydroxyl groups is 2. The van der Waals surface area contributed by atoms with Gasteiger partial charge >= 0.3 is 0 Å². The summed E-state index contributed by atoms with van der Waals surface area (Å²) in [6.45, 7) is 11.5. The van der Waals surface area contributed by atoms with Gasteiger partial charge in [0, 0.05) is 5.41 Å². The van der Waals surface area contributed by atoms with Gasteiger partial charge in [-0.05, 0) is 72.7 Å². The third-order valence-corrected chi connectivity index (χ3v) is 8.46. The Morgan fingerprint density at radius 1 is 1.09 bits per heavy atom. The molecule has 0 saturated heterocycles. The van der Waals surface area contributed by atoms with E-state index in [-0.39, 0.29) is 29.0 Å². The second-order valence-corrected chi connectivity index (χ2v) is 9.83. The molecule has 2 N–H and O–H groups in total. The molecule has 4 aliphatic rings. The first kappa shape index (κ1) is 15.2. The van der Waals surface area contributed by atoms with Gasteiger partial charge in [-0.25, -0.2) is 0 Å². The maximum atomic E-state index is 11.0. The number of hydrogen-bond donors (Lipinski definition) is 2. The maximum absolute atomic E-state index is 11.0. The summed E-state index contributed by atoms with van der Waals surface area (Å²) in [6, 6.07) is 0. The smallest absolute Gasteiger partial charge is 0.0810 e. The summed E-state index contributed by atoms with van der Waals surface area (Å²) in [5.41, 5.74) is 1.47. The molecule has 0 unspecified atom stereocenters. The summed E-state index contributed by atoms with van der Waals surface area (Å²) < 4.78 is 0. The van der Waals surface area contributed by atoms with Crippen LogP contribution in [-0.2, 0) is 0 Å². The molecule has 0 aromatic rings. The van der Waals surface area contributed by atoms with Gasteiger partial charge in [0.1, 0.15) is 0 Å². The molecule has 124 valence electrons. The van der Waals surface area contributed by atoms with Gasteiger partial charge < -0.3 is 10.2 Å². The quantitative estimate of drug-likeness (QED) is 0.666. The van der Waals surface area contributed by atoms with Gasteiger partial charge in [-0.15, -0.1) is 0 Å². The molecular weight excluding hydrogens is 272 g/mol.